The maximum absolute atomic E-state index is 13.9. The van der Waals surface area contributed by atoms with Crippen molar-refractivity contribution in [1.82, 2.24) is 14.8 Å². The number of amides is 2. The van der Waals surface area contributed by atoms with Gasteiger partial charge in [-0.25, -0.2) is 0 Å². The number of nitrogens with zero attached hydrogens (tertiary/aromatic N) is 5. The first-order valence-electron chi connectivity index (χ1n) is 15.5. The van der Waals surface area contributed by atoms with Crippen LogP contribution in [0.15, 0.2) is 101 Å². The lowest BCUT2D eigenvalue weighted by Gasteiger charge is -2.19. The van der Waals surface area contributed by atoms with Crippen molar-refractivity contribution in [3.63, 3.8) is 0 Å². The summed E-state index contributed by atoms with van der Waals surface area (Å²) in [6.07, 6.45) is 0. The molecule has 0 unspecified atom stereocenters. The summed E-state index contributed by atoms with van der Waals surface area (Å²) in [5.74, 6) is -0.446. The Kier molecular flexibility index (Phi) is 9.69. The number of aromatic amines is 1. The number of allylic oxidation sites excluding steroid dienone is 1. The van der Waals surface area contributed by atoms with Crippen LogP contribution in [0.2, 0.25) is 0 Å². The van der Waals surface area contributed by atoms with Gasteiger partial charge in [0.15, 0.2) is 0 Å². The third kappa shape index (κ3) is 6.93. The van der Waals surface area contributed by atoms with Crippen LogP contribution in [0.3, 0.4) is 0 Å². The predicted octanol–water partition coefficient (Wildman–Crippen LogP) is 6.93. The Morgan fingerprint density at radius 2 is 1.22 bits per heavy atom. The van der Waals surface area contributed by atoms with Gasteiger partial charge in [-0.15, -0.1) is 0 Å². The molecule has 0 spiro atoms. The number of hydrogen-bond acceptors (Lipinski definition) is 7. The molecular formula is C37H36N6O6. The molecule has 0 aliphatic carbocycles. The fourth-order valence-corrected chi connectivity index (χ4v) is 6.10. The Hall–Kier alpha value is -6.17. The molecular weight excluding hydrogens is 624 g/mol. The number of hydrogen-bond donors (Lipinski definition) is 1. The van der Waals surface area contributed by atoms with Gasteiger partial charge in [-0.2, -0.15) is 0 Å². The molecule has 49 heavy (non-hydrogen) atoms. The van der Waals surface area contributed by atoms with Crippen molar-refractivity contribution in [3.05, 3.63) is 155 Å². The van der Waals surface area contributed by atoms with Crippen LogP contribution in [-0.2, 0) is 17.9 Å². The van der Waals surface area contributed by atoms with Gasteiger partial charge in [0.05, 0.1) is 38.1 Å². The van der Waals surface area contributed by atoms with E-state index in [0.29, 0.717) is 39.5 Å². The molecule has 0 fully saturated rings. The monoisotopic (exact) mass is 660 g/mol. The number of nitro groups is 2. The summed E-state index contributed by atoms with van der Waals surface area (Å²) in [6.45, 7) is 7.88. The number of non-ortho nitro benzene ring substituents is 2. The summed E-state index contributed by atoms with van der Waals surface area (Å²) in [5.41, 5.74) is 7.99. The van der Waals surface area contributed by atoms with Crippen molar-refractivity contribution in [2.24, 2.45) is 4.99 Å². The number of aliphatic imine (C=N–C) groups is 1. The first kappa shape index (κ1) is 34.2. The number of aromatic nitrogens is 1. The van der Waals surface area contributed by atoms with Crippen LogP contribution in [0, 0.1) is 34.1 Å². The number of carbonyl (C=O) groups is 2. The molecule has 12 nitrogen and oxygen atoms in total. The number of aryl methyl sites for hydroxylation is 1. The highest BCUT2D eigenvalue weighted by Gasteiger charge is 2.31. The van der Waals surface area contributed by atoms with E-state index in [-0.39, 0.29) is 36.3 Å². The quantitative estimate of drug-likeness (QED) is 0.144. The molecule has 250 valence electrons. The van der Waals surface area contributed by atoms with Crippen LogP contribution in [0.25, 0.3) is 5.57 Å². The minimum absolute atomic E-state index is 0.0173. The van der Waals surface area contributed by atoms with E-state index in [4.69, 9.17) is 4.99 Å². The fraction of sp³-hybridized carbons (Fsp3) is 0.216. The van der Waals surface area contributed by atoms with Gasteiger partial charge >= 0.3 is 0 Å². The summed E-state index contributed by atoms with van der Waals surface area (Å²) in [7, 11) is 3.37. The average Bonchev–Trinajstić information content (AvgIpc) is 3.53. The molecule has 2 heterocycles. The molecule has 5 rings (SSSR count). The molecule has 4 aromatic rings. The zero-order valence-corrected chi connectivity index (χ0v) is 28.1. The average molecular weight is 661 g/mol. The summed E-state index contributed by atoms with van der Waals surface area (Å²) in [4.78, 5) is 60.4. The van der Waals surface area contributed by atoms with Crippen LogP contribution in [0.1, 0.15) is 57.8 Å². The van der Waals surface area contributed by atoms with Crippen molar-refractivity contribution in [2.45, 2.75) is 40.8 Å². The SMILES string of the molecule is CC1=N/C(=C(/c2ccccc2)c2[nH]c(C)c(C(=O)N(C)Cc3ccc([N+](=O)[O-])cc3)c2C)C(C)=C1C(=O)N(C)Cc1ccc([N+](=O)[O-])cc1. The van der Waals surface area contributed by atoms with Gasteiger partial charge < -0.3 is 14.8 Å². The zero-order valence-electron chi connectivity index (χ0n) is 28.1. The fourth-order valence-electron chi connectivity index (χ4n) is 6.10. The Morgan fingerprint density at radius 1 is 0.735 bits per heavy atom. The zero-order chi connectivity index (χ0) is 35.6. The summed E-state index contributed by atoms with van der Waals surface area (Å²) in [5, 5.41) is 22.1. The first-order valence-corrected chi connectivity index (χ1v) is 15.5. The molecule has 0 radical (unpaired) electrons. The lowest BCUT2D eigenvalue weighted by molar-refractivity contribution is -0.385. The number of likely N-dealkylation sites (N-methyl/N-ethyl adjacent to an activating group) is 1. The smallest absolute Gasteiger partial charge is 0.269 e. The molecule has 3 aromatic carbocycles. The molecule has 0 saturated carbocycles. The van der Waals surface area contributed by atoms with E-state index in [9.17, 15) is 29.8 Å². The molecule has 1 aliphatic rings. The van der Waals surface area contributed by atoms with Crippen LogP contribution in [-0.4, -0.2) is 56.3 Å². The van der Waals surface area contributed by atoms with Crippen LogP contribution in [0.5, 0.6) is 0 Å². The van der Waals surface area contributed by atoms with E-state index in [2.05, 4.69) is 4.98 Å². The largest absolute Gasteiger partial charge is 0.358 e. The number of nitro benzene ring substituents is 2. The Labute approximate surface area is 283 Å². The molecule has 0 bridgehead atoms. The molecule has 1 aliphatic heterocycles. The van der Waals surface area contributed by atoms with Crippen LogP contribution < -0.4 is 0 Å². The minimum Gasteiger partial charge on any atom is -0.358 e. The van der Waals surface area contributed by atoms with E-state index < -0.39 is 9.85 Å². The van der Waals surface area contributed by atoms with Crippen molar-refractivity contribution >= 4 is 34.5 Å². The minimum atomic E-state index is -0.463. The molecule has 0 saturated heterocycles. The third-order valence-corrected chi connectivity index (χ3v) is 8.61. The van der Waals surface area contributed by atoms with Crippen molar-refractivity contribution in [2.75, 3.05) is 14.1 Å². The van der Waals surface area contributed by atoms with Crippen molar-refractivity contribution in [1.29, 1.82) is 0 Å². The second-order valence-corrected chi connectivity index (χ2v) is 12.1. The molecule has 12 heteroatoms. The van der Waals surface area contributed by atoms with Gasteiger partial charge in [0, 0.05) is 62.7 Å². The van der Waals surface area contributed by atoms with Gasteiger partial charge in [0.25, 0.3) is 23.2 Å². The second kappa shape index (κ2) is 13.9. The lowest BCUT2D eigenvalue weighted by atomic mass is 9.93. The van der Waals surface area contributed by atoms with E-state index in [0.717, 1.165) is 27.8 Å². The standard InChI is InChI=1S/C37H36N6O6/c1-22-31(36(44)40(5)20-26-12-16-29(17-13-26)42(46)47)24(3)38-34(22)33(28-10-8-7-9-11-28)35-23(2)32(25(4)39-35)37(45)41(6)21-27-14-18-30(19-15-27)43(48)49/h7-19,38H,20-21H2,1-6H3/b35-33-. The normalized spacial score (nSPS) is 13.6. The van der Waals surface area contributed by atoms with Gasteiger partial charge in [0.2, 0.25) is 0 Å². The number of nitrogens with one attached hydrogen (secondary N) is 1. The second-order valence-electron chi connectivity index (χ2n) is 12.1. The molecule has 2 amide bonds. The summed E-state index contributed by atoms with van der Waals surface area (Å²) < 4.78 is 0. The van der Waals surface area contributed by atoms with E-state index >= 15 is 0 Å². The molecule has 1 N–H and O–H groups in total. The first-order chi connectivity index (χ1) is 23.3. The van der Waals surface area contributed by atoms with Gasteiger partial charge in [0.1, 0.15) is 0 Å². The Bertz CT molecular complexity index is 2060. The van der Waals surface area contributed by atoms with Crippen molar-refractivity contribution < 1.29 is 19.4 Å². The molecule has 1 aromatic heterocycles. The van der Waals surface area contributed by atoms with Gasteiger partial charge in [-0.1, -0.05) is 54.6 Å². The van der Waals surface area contributed by atoms with Gasteiger partial charge in [-0.3, -0.25) is 34.8 Å². The van der Waals surface area contributed by atoms with E-state index in [1.54, 1.807) is 55.1 Å². The highest BCUT2D eigenvalue weighted by atomic mass is 16.6. The van der Waals surface area contributed by atoms with Crippen LogP contribution in [0.4, 0.5) is 11.4 Å². The topological polar surface area (TPSA) is 155 Å². The Morgan fingerprint density at radius 3 is 1.71 bits per heavy atom. The van der Waals surface area contributed by atoms with E-state index in [1.807, 2.05) is 51.1 Å². The lowest BCUT2D eigenvalue weighted by Crippen LogP contribution is -2.29. The number of H-pyrrole nitrogens is 1. The highest BCUT2D eigenvalue weighted by molar-refractivity contribution is 6.24. The predicted molar refractivity (Wildman–Crippen MR) is 187 cm³/mol. The van der Waals surface area contributed by atoms with Crippen molar-refractivity contribution in [3.8, 4) is 0 Å². The number of benzene rings is 3. The van der Waals surface area contributed by atoms with Crippen LogP contribution >= 0.6 is 0 Å². The third-order valence-electron chi connectivity index (χ3n) is 8.61. The molecule has 0 atom stereocenters. The summed E-state index contributed by atoms with van der Waals surface area (Å²) >= 11 is 0. The maximum atomic E-state index is 13.9. The van der Waals surface area contributed by atoms with E-state index in [1.165, 1.54) is 24.3 Å². The maximum Gasteiger partial charge on any atom is 0.269 e. The Balaban J connectivity index is 1.51. The highest BCUT2D eigenvalue weighted by Crippen LogP contribution is 2.39. The number of carbonyl (C=O) groups excluding carboxylic acids is 2. The summed E-state index contributed by atoms with van der Waals surface area (Å²) in [6, 6.07) is 21.9. The number of rotatable bonds is 10. The van der Waals surface area contributed by atoms with Gasteiger partial charge in [-0.05, 0) is 55.5 Å².